The van der Waals surface area contributed by atoms with Crippen molar-refractivity contribution in [1.29, 1.82) is 0 Å². The molecule has 1 saturated heterocycles. The highest BCUT2D eigenvalue weighted by molar-refractivity contribution is 7.89. The van der Waals surface area contributed by atoms with Crippen molar-refractivity contribution in [2.24, 2.45) is 0 Å². The Morgan fingerprint density at radius 3 is 2.47 bits per heavy atom. The van der Waals surface area contributed by atoms with E-state index in [0.29, 0.717) is 24.6 Å². The van der Waals surface area contributed by atoms with Crippen molar-refractivity contribution in [1.82, 2.24) is 4.31 Å². The fourth-order valence-corrected chi connectivity index (χ4v) is 5.34. The van der Waals surface area contributed by atoms with E-state index in [1.807, 2.05) is 42.5 Å². The Balaban J connectivity index is 1.55. The number of amides is 1. The fraction of sp³-hybridized carbons (Fsp3) is 0.292. The van der Waals surface area contributed by atoms with Crippen LogP contribution in [0.25, 0.3) is 10.8 Å². The van der Waals surface area contributed by atoms with E-state index in [4.69, 9.17) is 9.47 Å². The molecule has 1 heterocycles. The Bertz CT molecular complexity index is 1230. The summed E-state index contributed by atoms with van der Waals surface area (Å²) in [7, 11) is -2.15. The summed E-state index contributed by atoms with van der Waals surface area (Å²) in [6.07, 6.45) is 0.883. The van der Waals surface area contributed by atoms with Gasteiger partial charge in [0.1, 0.15) is 11.5 Å². The molecule has 1 aliphatic heterocycles. The van der Waals surface area contributed by atoms with Crippen LogP contribution in [0.2, 0.25) is 0 Å². The van der Waals surface area contributed by atoms with Gasteiger partial charge in [0.2, 0.25) is 10.0 Å². The van der Waals surface area contributed by atoms with Crippen LogP contribution >= 0.6 is 0 Å². The zero-order chi connectivity index (χ0) is 22.7. The van der Waals surface area contributed by atoms with Crippen molar-refractivity contribution in [2.75, 3.05) is 25.5 Å². The lowest BCUT2D eigenvalue weighted by atomic mass is 10.1. The molecule has 0 aromatic heterocycles. The Kier molecular flexibility index (Phi) is 6.34. The molecule has 0 bridgehead atoms. The van der Waals surface area contributed by atoms with E-state index in [2.05, 4.69) is 5.32 Å². The Hall–Kier alpha value is -3.10. The number of hydrogen-bond donors (Lipinski definition) is 1. The van der Waals surface area contributed by atoms with Crippen LogP contribution in [0.5, 0.6) is 11.5 Å². The zero-order valence-electron chi connectivity index (χ0n) is 18.1. The van der Waals surface area contributed by atoms with Gasteiger partial charge < -0.3 is 14.8 Å². The van der Waals surface area contributed by atoms with Crippen molar-refractivity contribution >= 4 is 32.4 Å². The second-order valence-corrected chi connectivity index (χ2v) is 9.64. The molecular formula is C24H26N2O5S. The average molecular weight is 455 g/mol. The summed E-state index contributed by atoms with van der Waals surface area (Å²) in [5.74, 6) is 0.561. The van der Waals surface area contributed by atoms with Crippen LogP contribution in [0.4, 0.5) is 5.69 Å². The third-order valence-corrected chi connectivity index (χ3v) is 7.45. The van der Waals surface area contributed by atoms with E-state index in [9.17, 15) is 13.2 Å². The van der Waals surface area contributed by atoms with Crippen LogP contribution in [-0.4, -0.2) is 44.9 Å². The number of hydrogen-bond acceptors (Lipinski definition) is 5. The largest absolute Gasteiger partial charge is 0.495 e. The van der Waals surface area contributed by atoms with Crippen molar-refractivity contribution in [3.63, 3.8) is 0 Å². The number of methoxy groups -OCH3 is 1. The third-order valence-electron chi connectivity index (χ3n) is 5.55. The minimum atomic E-state index is -3.62. The molecule has 168 valence electrons. The molecule has 1 N–H and O–H groups in total. The summed E-state index contributed by atoms with van der Waals surface area (Å²) in [6, 6.07) is 17.9. The van der Waals surface area contributed by atoms with Crippen LogP contribution in [0.3, 0.4) is 0 Å². The summed E-state index contributed by atoms with van der Waals surface area (Å²) in [4.78, 5) is 13.0. The zero-order valence-corrected chi connectivity index (χ0v) is 18.9. The molecule has 32 heavy (non-hydrogen) atoms. The predicted molar refractivity (Wildman–Crippen MR) is 124 cm³/mol. The molecular weight excluding hydrogens is 428 g/mol. The number of carbonyl (C=O) groups excluding carboxylic acids is 1. The van der Waals surface area contributed by atoms with E-state index < -0.39 is 22.0 Å². The highest BCUT2D eigenvalue weighted by Crippen LogP contribution is 2.31. The molecule has 1 fully saturated rings. The number of rotatable bonds is 7. The Morgan fingerprint density at radius 1 is 1.00 bits per heavy atom. The smallest absolute Gasteiger partial charge is 0.265 e. The molecule has 0 unspecified atom stereocenters. The first kappa shape index (κ1) is 22.1. The van der Waals surface area contributed by atoms with Gasteiger partial charge in [-0.05, 0) is 49.4 Å². The molecule has 3 aromatic rings. The first-order valence-electron chi connectivity index (χ1n) is 10.5. The quantitative estimate of drug-likeness (QED) is 0.582. The van der Waals surface area contributed by atoms with Crippen LogP contribution in [0, 0.1) is 0 Å². The molecule has 0 saturated carbocycles. The number of sulfonamides is 1. The van der Waals surface area contributed by atoms with Crippen LogP contribution in [-0.2, 0) is 14.8 Å². The minimum Gasteiger partial charge on any atom is -0.495 e. The molecule has 1 atom stereocenters. The van der Waals surface area contributed by atoms with Gasteiger partial charge in [-0.25, -0.2) is 8.42 Å². The van der Waals surface area contributed by atoms with Crippen LogP contribution < -0.4 is 14.8 Å². The van der Waals surface area contributed by atoms with Crippen LogP contribution in [0.15, 0.2) is 65.6 Å². The lowest BCUT2D eigenvalue weighted by molar-refractivity contribution is -0.122. The molecule has 8 heteroatoms. The molecule has 4 rings (SSSR count). The molecule has 1 amide bonds. The van der Waals surface area contributed by atoms with Gasteiger partial charge in [0.05, 0.1) is 17.7 Å². The monoisotopic (exact) mass is 454 g/mol. The van der Waals surface area contributed by atoms with Gasteiger partial charge in [0.15, 0.2) is 6.10 Å². The fourth-order valence-electron chi connectivity index (χ4n) is 3.80. The van der Waals surface area contributed by atoms with Gasteiger partial charge >= 0.3 is 0 Å². The topological polar surface area (TPSA) is 84.9 Å². The van der Waals surface area contributed by atoms with E-state index >= 15 is 0 Å². The summed E-state index contributed by atoms with van der Waals surface area (Å²) < 4.78 is 38.6. The molecule has 1 aliphatic rings. The molecule has 7 nitrogen and oxygen atoms in total. The summed E-state index contributed by atoms with van der Waals surface area (Å²) >= 11 is 0. The minimum absolute atomic E-state index is 0.123. The third kappa shape index (κ3) is 4.42. The van der Waals surface area contributed by atoms with Gasteiger partial charge in [-0.2, -0.15) is 4.31 Å². The van der Waals surface area contributed by atoms with Gasteiger partial charge in [0, 0.05) is 18.5 Å². The maximum atomic E-state index is 12.9. The Morgan fingerprint density at radius 2 is 1.72 bits per heavy atom. The SMILES string of the molecule is COc1ccc(S(=O)(=O)N2CCCC2)cc1NC(=O)[C@H](C)Oc1cccc2ccccc12. The number of anilines is 1. The summed E-state index contributed by atoms with van der Waals surface area (Å²) in [5, 5.41) is 4.68. The summed E-state index contributed by atoms with van der Waals surface area (Å²) in [6.45, 7) is 2.66. The van der Waals surface area contributed by atoms with Crippen molar-refractivity contribution in [3.8, 4) is 11.5 Å². The number of carbonyl (C=O) groups is 1. The number of ether oxygens (including phenoxy) is 2. The van der Waals surface area contributed by atoms with Gasteiger partial charge in [-0.1, -0.05) is 36.4 Å². The second-order valence-electron chi connectivity index (χ2n) is 7.70. The van der Waals surface area contributed by atoms with Gasteiger partial charge in [-0.3, -0.25) is 4.79 Å². The number of nitrogens with zero attached hydrogens (tertiary/aromatic N) is 1. The highest BCUT2D eigenvalue weighted by Gasteiger charge is 2.28. The van der Waals surface area contributed by atoms with Crippen LogP contribution in [0.1, 0.15) is 19.8 Å². The van der Waals surface area contributed by atoms with E-state index in [1.165, 1.54) is 23.5 Å². The van der Waals surface area contributed by atoms with E-state index in [-0.39, 0.29) is 10.6 Å². The van der Waals surface area contributed by atoms with E-state index in [1.54, 1.807) is 13.0 Å². The van der Waals surface area contributed by atoms with E-state index in [0.717, 1.165) is 23.6 Å². The number of fused-ring (bicyclic) bond motifs is 1. The molecule has 0 radical (unpaired) electrons. The van der Waals surface area contributed by atoms with Crippen molar-refractivity contribution in [3.05, 3.63) is 60.7 Å². The first-order chi connectivity index (χ1) is 15.4. The standard InChI is InChI=1S/C24H26N2O5S/c1-17(31-22-11-7-9-18-8-3-4-10-20(18)22)24(27)25-21-16-19(12-13-23(21)30-2)32(28,29)26-14-5-6-15-26/h3-4,7-13,16-17H,5-6,14-15H2,1-2H3,(H,25,27)/t17-/m0/s1. The first-order valence-corrected chi connectivity index (χ1v) is 12.0. The normalized spacial score (nSPS) is 15.4. The molecule has 0 aliphatic carbocycles. The summed E-state index contributed by atoms with van der Waals surface area (Å²) in [5.41, 5.74) is 0.283. The average Bonchev–Trinajstić information content (AvgIpc) is 3.35. The van der Waals surface area contributed by atoms with Crippen molar-refractivity contribution < 1.29 is 22.7 Å². The predicted octanol–water partition coefficient (Wildman–Crippen LogP) is 4.04. The maximum absolute atomic E-state index is 12.9. The maximum Gasteiger partial charge on any atom is 0.265 e. The Labute approximate surface area is 188 Å². The lowest BCUT2D eigenvalue weighted by Gasteiger charge is -2.19. The number of benzene rings is 3. The second kappa shape index (κ2) is 9.18. The number of nitrogens with one attached hydrogen (secondary N) is 1. The lowest BCUT2D eigenvalue weighted by Crippen LogP contribution is -2.31. The van der Waals surface area contributed by atoms with Gasteiger partial charge in [0.25, 0.3) is 5.91 Å². The molecule has 0 spiro atoms. The molecule has 3 aromatic carbocycles. The highest BCUT2D eigenvalue weighted by atomic mass is 32.2. The van der Waals surface area contributed by atoms with Crippen molar-refractivity contribution in [2.45, 2.75) is 30.8 Å². The van der Waals surface area contributed by atoms with Gasteiger partial charge in [-0.15, -0.1) is 0 Å².